The number of hydrogen-bond acceptors (Lipinski definition) is 3. The van der Waals surface area contributed by atoms with Crippen LogP contribution in [0.25, 0.3) is 0 Å². The highest BCUT2D eigenvalue weighted by Crippen LogP contribution is 2.36. The summed E-state index contributed by atoms with van der Waals surface area (Å²) >= 11 is 0. The number of nitrogens with one attached hydrogen (secondary N) is 2. The minimum Gasteiger partial charge on any atom is -0.351 e. The highest BCUT2D eigenvalue weighted by Gasteiger charge is 2.36. The fourth-order valence-corrected chi connectivity index (χ4v) is 3.77. The molecular formula is C18H28N4O2. The van der Waals surface area contributed by atoms with E-state index < -0.39 is 0 Å². The van der Waals surface area contributed by atoms with Crippen LogP contribution in [0.3, 0.4) is 0 Å². The normalized spacial score (nSPS) is 22.2. The molecule has 1 saturated carbocycles. The maximum absolute atomic E-state index is 12.6. The van der Waals surface area contributed by atoms with Crippen molar-refractivity contribution >= 4 is 11.8 Å². The predicted molar refractivity (Wildman–Crippen MR) is 91.7 cm³/mol. The minimum atomic E-state index is -0.217. The average molecular weight is 332 g/mol. The zero-order valence-electron chi connectivity index (χ0n) is 14.9. The first-order chi connectivity index (χ1) is 11.4. The first-order valence-electron chi connectivity index (χ1n) is 9.06. The lowest BCUT2D eigenvalue weighted by molar-refractivity contribution is -0.132. The standard InChI is InChI=1S/C18H28N4O2/c1-12(2)19-16(23)15-10-14-9-13(11-22(14)21-15)20-17(24)18(3)7-5-4-6-8-18/h10,12-13H,4-9,11H2,1-3H3,(H,19,23)(H,20,24)/t13-/m0/s1. The first-order valence-corrected chi connectivity index (χ1v) is 9.06. The SMILES string of the molecule is CC(C)NC(=O)c1cc2n(n1)C[C@@H](NC(=O)C1(C)CCCCC1)C2. The molecule has 132 valence electrons. The summed E-state index contributed by atoms with van der Waals surface area (Å²) in [6.45, 7) is 6.59. The molecule has 1 atom stereocenters. The molecule has 1 fully saturated rings. The van der Waals surface area contributed by atoms with Gasteiger partial charge in [-0.3, -0.25) is 14.3 Å². The van der Waals surface area contributed by atoms with E-state index in [2.05, 4.69) is 22.7 Å². The molecular weight excluding hydrogens is 304 g/mol. The van der Waals surface area contributed by atoms with E-state index >= 15 is 0 Å². The predicted octanol–water partition coefficient (Wildman–Crippen LogP) is 2.03. The van der Waals surface area contributed by atoms with Crippen molar-refractivity contribution in [2.24, 2.45) is 5.41 Å². The second-order valence-corrected chi connectivity index (χ2v) is 7.83. The number of nitrogens with zero attached hydrogens (tertiary/aromatic N) is 2. The van der Waals surface area contributed by atoms with Gasteiger partial charge in [-0.1, -0.05) is 26.2 Å². The zero-order chi connectivity index (χ0) is 17.3. The van der Waals surface area contributed by atoms with E-state index in [1.54, 1.807) is 0 Å². The number of carbonyl (C=O) groups is 2. The van der Waals surface area contributed by atoms with Gasteiger partial charge < -0.3 is 10.6 Å². The number of aromatic nitrogens is 2. The molecule has 3 rings (SSSR count). The monoisotopic (exact) mass is 332 g/mol. The number of hydrogen-bond donors (Lipinski definition) is 2. The molecule has 2 amide bonds. The molecule has 1 aliphatic heterocycles. The number of amides is 2. The lowest BCUT2D eigenvalue weighted by Crippen LogP contribution is -2.45. The maximum atomic E-state index is 12.6. The molecule has 2 N–H and O–H groups in total. The van der Waals surface area contributed by atoms with Crippen LogP contribution in [0.2, 0.25) is 0 Å². The lowest BCUT2D eigenvalue weighted by Gasteiger charge is -2.33. The molecule has 1 aromatic rings. The minimum absolute atomic E-state index is 0.0842. The average Bonchev–Trinajstić information content (AvgIpc) is 3.05. The van der Waals surface area contributed by atoms with Crippen molar-refractivity contribution < 1.29 is 9.59 Å². The number of fused-ring (bicyclic) bond motifs is 1. The lowest BCUT2D eigenvalue weighted by atomic mass is 9.75. The van der Waals surface area contributed by atoms with Crippen LogP contribution in [0.1, 0.15) is 69.1 Å². The number of carbonyl (C=O) groups excluding carboxylic acids is 2. The molecule has 1 aliphatic carbocycles. The molecule has 6 heteroatoms. The molecule has 2 aliphatic rings. The van der Waals surface area contributed by atoms with Crippen molar-refractivity contribution in [2.45, 2.75) is 77.9 Å². The molecule has 24 heavy (non-hydrogen) atoms. The molecule has 0 saturated heterocycles. The zero-order valence-corrected chi connectivity index (χ0v) is 14.9. The van der Waals surface area contributed by atoms with Gasteiger partial charge in [0.15, 0.2) is 0 Å². The highest BCUT2D eigenvalue weighted by molar-refractivity contribution is 5.92. The van der Waals surface area contributed by atoms with Gasteiger partial charge in [0, 0.05) is 23.6 Å². The molecule has 6 nitrogen and oxygen atoms in total. The third-order valence-corrected chi connectivity index (χ3v) is 5.21. The summed E-state index contributed by atoms with van der Waals surface area (Å²) in [6.07, 6.45) is 6.23. The molecule has 0 bridgehead atoms. The van der Waals surface area contributed by atoms with E-state index in [1.165, 1.54) is 6.42 Å². The summed E-state index contributed by atoms with van der Waals surface area (Å²) < 4.78 is 1.85. The van der Waals surface area contributed by atoms with Gasteiger partial charge >= 0.3 is 0 Å². The Morgan fingerprint density at radius 2 is 2.00 bits per heavy atom. The highest BCUT2D eigenvalue weighted by atomic mass is 16.2. The quantitative estimate of drug-likeness (QED) is 0.886. The van der Waals surface area contributed by atoms with Crippen molar-refractivity contribution in [1.82, 2.24) is 20.4 Å². The van der Waals surface area contributed by atoms with Crippen LogP contribution in [0, 0.1) is 5.41 Å². The van der Waals surface area contributed by atoms with E-state index in [9.17, 15) is 9.59 Å². The Morgan fingerprint density at radius 3 is 2.62 bits per heavy atom. The van der Waals surface area contributed by atoms with Gasteiger partial charge in [0.1, 0.15) is 5.69 Å². The summed E-state index contributed by atoms with van der Waals surface area (Å²) in [7, 11) is 0. The van der Waals surface area contributed by atoms with Crippen LogP contribution in [0.15, 0.2) is 6.07 Å². The van der Waals surface area contributed by atoms with Gasteiger partial charge in [-0.25, -0.2) is 0 Å². The van der Waals surface area contributed by atoms with Crippen LogP contribution >= 0.6 is 0 Å². The van der Waals surface area contributed by atoms with Gasteiger partial charge in [0.25, 0.3) is 5.91 Å². The van der Waals surface area contributed by atoms with E-state index in [4.69, 9.17) is 0 Å². The second-order valence-electron chi connectivity index (χ2n) is 7.83. The largest absolute Gasteiger partial charge is 0.351 e. The molecule has 0 radical (unpaired) electrons. The summed E-state index contributed by atoms with van der Waals surface area (Å²) in [6, 6.07) is 2.02. The van der Waals surface area contributed by atoms with E-state index in [0.29, 0.717) is 12.2 Å². The van der Waals surface area contributed by atoms with Crippen LogP contribution in [0.4, 0.5) is 0 Å². The maximum Gasteiger partial charge on any atom is 0.271 e. The van der Waals surface area contributed by atoms with Gasteiger partial charge in [-0.2, -0.15) is 5.10 Å². The van der Waals surface area contributed by atoms with Crippen LogP contribution < -0.4 is 10.6 Å². The van der Waals surface area contributed by atoms with Crippen LogP contribution in [0.5, 0.6) is 0 Å². The van der Waals surface area contributed by atoms with E-state index in [1.807, 2.05) is 24.6 Å². The van der Waals surface area contributed by atoms with Crippen molar-refractivity contribution in [3.8, 4) is 0 Å². The topological polar surface area (TPSA) is 76.0 Å². The van der Waals surface area contributed by atoms with Gasteiger partial charge in [0.05, 0.1) is 12.6 Å². The molecule has 2 heterocycles. The third kappa shape index (κ3) is 3.47. The molecule has 0 unspecified atom stereocenters. The molecule has 0 aromatic carbocycles. The van der Waals surface area contributed by atoms with E-state index in [0.717, 1.165) is 37.8 Å². The Hall–Kier alpha value is -1.85. The first kappa shape index (κ1) is 17.0. The Labute approximate surface area is 143 Å². The van der Waals surface area contributed by atoms with Crippen molar-refractivity contribution in [1.29, 1.82) is 0 Å². The van der Waals surface area contributed by atoms with Crippen LogP contribution in [-0.4, -0.2) is 33.7 Å². The molecule has 1 aromatic heterocycles. The summed E-state index contributed by atoms with van der Waals surface area (Å²) in [5.41, 5.74) is 1.26. The van der Waals surface area contributed by atoms with Crippen molar-refractivity contribution in [3.63, 3.8) is 0 Å². The Morgan fingerprint density at radius 1 is 1.29 bits per heavy atom. The van der Waals surface area contributed by atoms with Crippen LogP contribution in [-0.2, 0) is 17.8 Å². The van der Waals surface area contributed by atoms with Crippen molar-refractivity contribution in [2.75, 3.05) is 0 Å². The van der Waals surface area contributed by atoms with Crippen molar-refractivity contribution in [3.05, 3.63) is 17.5 Å². The second kappa shape index (κ2) is 6.57. The summed E-state index contributed by atoms with van der Waals surface area (Å²) in [5.74, 6) is 0.0397. The van der Waals surface area contributed by atoms with Gasteiger partial charge in [-0.15, -0.1) is 0 Å². The third-order valence-electron chi connectivity index (χ3n) is 5.21. The van der Waals surface area contributed by atoms with Gasteiger partial charge in [0.2, 0.25) is 5.91 Å². The van der Waals surface area contributed by atoms with E-state index in [-0.39, 0.29) is 29.3 Å². The summed E-state index contributed by atoms with van der Waals surface area (Å²) in [4.78, 5) is 24.7. The Kier molecular flexibility index (Phi) is 4.65. The fourth-order valence-electron chi connectivity index (χ4n) is 3.77. The Bertz CT molecular complexity index is 605. The molecule has 0 spiro atoms. The summed E-state index contributed by atoms with van der Waals surface area (Å²) in [5, 5.41) is 10.4. The smallest absolute Gasteiger partial charge is 0.271 e. The fraction of sp³-hybridized carbons (Fsp3) is 0.722. The van der Waals surface area contributed by atoms with Gasteiger partial charge in [-0.05, 0) is 32.8 Å². The number of rotatable bonds is 4. The Balaban J connectivity index is 1.58.